The van der Waals surface area contributed by atoms with Crippen molar-refractivity contribution < 1.29 is 8.42 Å². The van der Waals surface area contributed by atoms with E-state index in [9.17, 15) is 8.42 Å². The average molecular weight is 294 g/mol. The minimum Gasteiger partial charge on any atom is -0.399 e. The van der Waals surface area contributed by atoms with Crippen LogP contribution < -0.4 is 5.73 Å². The Morgan fingerprint density at radius 1 is 1.15 bits per heavy atom. The molecule has 1 aliphatic heterocycles. The van der Waals surface area contributed by atoms with E-state index in [1.807, 2.05) is 19.9 Å². The maximum Gasteiger partial charge on any atom is 0.243 e. The van der Waals surface area contributed by atoms with Crippen molar-refractivity contribution in [3.05, 3.63) is 23.3 Å². The molecule has 4 nitrogen and oxygen atoms in total. The zero-order valence-corrected chi connectivity index (χ0v) is 12.9. The van der Waals surface area contributed by atoms with Crippen LogP contribution >= 0.6 is 0 Å². The average Bonchev–Trinajstić information content (AvgIpc) is 2.94. The number of sulfonamides is 1. The molecule has 1 saturated carbocycles. The van der Waals surface area contributed by atoms with E-state index in [0.29, 0.717) is 35.5 Å². The molecule has 5 heteroatoms. The molecule has 3 rings (SSSR count). The molecule has 2 aliphatic rings. The molecule has 0 spiro atoms. The molecule has 1 aromatic carbocycles. The third-order valence-corrected chi connectivity index (χ3v) is 6.91. The Kier molecular flexibility index (Phi) is 3.29. The molecule has 2 atom stereocenters. The molecule has 2 fully saturated rings. The molecule has 2 N–H and O–H groups in total. The summed E-state index contributed by atoms with van der Waals surface area (Å²) in [5.74, 6) is 1.12. The molecule has 110 valence electrons. The number of nitrogens with zero attached hydrogens (tertiary/aromatic N) is 1. The van der Waals surface area contributed by atoms with E-state index in [-0.39, 0.29) is 0 Å². The lowest BCUT2D eigenvalue weighted by molar-refractivity contribution is 0.445. The van der Waals surface area contributed by atoms with Crippen LogP contribution in [0, 0.1) is 25.7 Å². The maximum atomic E-state index is 12.9. The van der Waals surface area contributed by atoms with Crippen LogP contribution in [-0.2, 0) is 10.0 Å². The van der Waals surface area contributed by atoms with E-state index in [1.165, 1.54) is 19.3 Å². The fourth-order valence-corrected chi connectivity index (χ4v) is 5.54. The Morgan fingerprint density at radius 3 is 2.35 bits per heavy atom. The summed E-state index contributed by atoms with van der Waals surface area (Å²) >= 11 is 0. The Labute approximate surface area is 121 Å². The van der Waals surface area contributed by atoms with Gasteiger partial charge in [0.05, 0.1) is 4.90 Å². The Morgan fingerprint density at radius 2 is 1.75 bits per heavy atom. The number of aryl methyl sites for hydroxylation is 1. The number of hydrogen-bond donors (Lipinski definition) is 1. The summed E-state index contributed by atoms with van der Waals surface area (Å²) in [7, 11) is -3.40. The van der Waals surface area contributed by atoms with Crippen LogP contribution in [0.4, 0.5) is 5.69 Å². The minimum absolute atomic E-state index is 0.384. The third-order valence-electron chi connectivity index (χ3n) is 4.95. The van der Waals surface area contributed by atoms with Crippen LogP contribution in [0.2, 0.25) is 0 Å². The highest BCUT2D eigenvalue weighted by atomic mass is 32.2. The Balaban J connectivity index is 1.97. The summed E-state index contributed by atoms with van der Waals surface area (Å²) in [5.41, 5.74) is 8.10. The maximum absolute atomic E-state index is 12.9. The van der Waals surface area contributed by atoms with Crippen molar-refractivity contribution >= 4 is 15.7 Å². The van der Waals surface area contributed by atoms with E-state index < -0.39 is 10.0 Å². The van der Waals surface area contributed by atoms with E-state index in [2.05, 4.69) is 0 Å². The van der Waals surface area contributed by atoms with Crippen molar-refractivity contribution in [3.8, 4) is 0 Å². The first kappa shape index (κ1) is 13.9. The molecule has 1 aromatic rings. The van der Waals surface area contributed by atoms with Crippen LogP contribution in [0.25, 0.3) is 0 Å². The predicted molar refractivity (Wildman–Crippen MR) is 79.9 cm³/mol. The van der Waals surface area contributed by atoms with Gasteiger partial charge in [-0.05, 0) is 61.8 Å². The lowest BCUT2D eigenvalue weighted by atomic mass is 10.0. The molecular formula is C15H22N2O2S. The van der Waals surface area contributed by atoms with Crippen molar-refractivity contribution in [2.24, 2.45) is 11.8 Å². The van der Waals surface area contributed by atoms with Gasteiger partial charge in [-0.2, -0.15) is 4.31 Å². The van der Waals surface area contributed by atoms with Crippen molar-refractivity contribution in [2.75, 3.05) is 18.8 Å². The molecule has 0 bridgehead atoms. The van der Waals surface area contributed by atoms with Crippen LogP contribution in [0.5, 0.6) is 0 Å². The topological polar surface area (TPSA) is 63.4 Å². The van der Waals surface area contributed by atoms with Crippen LogP contribution in [-0.4, -0.2) is 25.8 Å². The lowest BCUT2D eigenvalue weighted by Crippen LogP contribution is -2.30. The highest BCUT2D eigenvalue weighted by Crippen LogP contribution is 2.40. The Bertz CT molecular complexity index is 628. The van der Waals surface area contributed by atoms with Crippen molar-refractivity contribution in [2.45, 2.75) is 38.0 Å². The summed E-state index contributed by atoms with van der Waals surface area (Å²) in [6.45, 7) is 5.13. The van der Waals surface area contributed by atoms with Gasteiger partial charge in [0.15, 0.2) is 0 Å². The van der Waals surface area contributed by atoms with E-state index >= 15 is 0 Å². The summed E-state index contributed by atoms with van der Waals surface area (Å²) in [6.07, 6.45) is 3.59. The van der Waals surface area contributed by atoms with Gasteiger partial charge in [0.25, 0.3) is 0 Å². The third kappa shape index (κ3) is 2.13. The monoisotopic (exact) mass is 294 g/mol. The number of nitrogens with two attached hydrogens (primary N) is 1. The molecule has 1 aliphatic carbocycles. The molecule has 2 unspecified atom stereocenters. The minimum atomic E-state index is -3.40. The normalized spacial score (nSPS) is 26.9. The van der Waals surface area contributed by atoms with Gasteiger partial charge in [0.1, 0.15) is 0 Å². The second kappa shape index (κ2) is 4.74. The first-order chi connectivity index (χ1) is 9.39. The molecule has 1 heterocycles. The molecule has 0 radical (unpaired) electrons. The molecular weight excluding hydrogens is 272 g/mol. The molecule has 0 aromatic heterocycles. The smallest absolute Gasteiger partial charge is 0.243 e. The van der Waals surface area contributed by atoms with Crippen molar-refractivity contribution in [1.82, 2.24) is 4.31 Å². The first-order valence-corrected chi connectivity index (χ1v) is 8.70. The molecule has 0 amide bonds. The number of anilines is 1. The zero-order chi connectivity index (χ0) is 14.5. The number of hydrogen-bond acceptors (Lipinski definition) is 3. The van der Waals surface area contributed by atoms with Gasteiger partial charge in [-0.1, -0.05) is 6.42 Å². The fraction of sp³-hybridized carbons (Fsp3) is 0.600. The number of fused-ring (bicyclic) bond motifs is 1. The number of benzene rings is 1. The van der Waals surface area contributed by atoms with E-state index in [0.717, 1.165) is 11.1 Å². The highest BCUT2D eigenvalue weighted by molar-refractivity contribution is 7.89. The van der Waals surface area contributed by atoms with Gasteiger partial charge in [0.2, 0.25) is 10.0 Å². The molecule has 20 heavy (non-hydrogen) atoms. The van der Waals surface area contributed by atoms with Crippen molar-refractivity contribution in [3.63, 3.8) is 0 Å². The second-order valence-electron chi connectivity index (χ2n) is 6.23. The number of rotatable bonds is 2. The van der Waals surface area contributed by atoms with Gasteiger partial charge in [0, 0.05) is 18.8 Å². The molecule has 1 saturated heterocycles. The standard InChI is InChI=1S/C15H22N2O2S/c1-10-6-14(16)7-15(11(10)2)20(18,19)17-8-12-4-3-5-13(12)9-17/h6-7,12-13H,3-5,8-9,16H2,1-2H3. The quantitative estimate of drug-likeness (QED) is 0.851. The summed E-state index contributed by atoms with van der Waals surface area (Å²) in [6, 6.07) is 3.43. The van der Waals surface area contributed by atoms with Gasteiger partial charge in [-0.25, -0.2) is 8.42 Å². The summed E-state index contributed by atoms with van der Waals surface area (Å²) in [5, 5.41) is 0. The summed E-state index contributed by atoms with van der Waals surface area (Å²) < 4.78 is 27.4. The van der Waals surface area contributed by atoms with E-state index in [4.69, 9.17) is 5.73 Å². The lowest BCUT2D eigenvalue weighted by Gasteiger charge is -2.20. The highest BCUT2D eigenvalue weighted by Gasteiger charge is 2.41. The van der Waals surface area contributed by atoms with Crippen LogP contribution in [0.3, 0.4) is 0 Å². The second-order valence-corrected chi connectivity index (χ2v) is 8.14. The SMILES string of the molecule is Cc1cc(N)cc(S(=O)(=O)N2CC3CCCC3C2)c1C. The van der Waals surface area contributed by atoms with E-state index in [1.54, 1.807) is 10.4 Å². The van der Waals surface area contributed by atoms with Gasteiger partial charge in [-0.3, -0.25) is 0 Å². The number of nitrogen functional groups attached to an aromatic ring is 1. The van der Waals surface area contributed by atoms with Crippen LogP contribution in [0.1, 0.15) is 30.4 Å². The van der Waals surface area contributed by atoms with Crippen LogP contribution in [0.15, 0.2) is 17.0 Å². The predicted octanol–water partition coefficient (Wildman–Crippen LogP) is 2.31. The van der Waals surface area contributed by atoms with Gasteiger partial charge >= 0.3 is 0 Å². The first-order valence-electron chi connectivity index (χ1n) is 7.26. The van der Waals surface area contributed by atoms with Gasteiger partial charge < -0.3 is 5.73 Å². The summed E-state index contributed by atoms with van der Waals surface area (Å²) in [4.78, 5) is 0.384. The largest absolute Gasteiger partial charge is 0.399 e. The van der Waals surface area contributed by atoms with Gasteiger partial charge in [-0.15, -0.1) is 0 Å². The van der Waals surface area contributed by atoms with Crippen molar-refractivity contribution in [1.29, 1.82) is 0 Å². The Hall–Kier alpha value is -1.07. The zero-order valence-electron chi connectivity index (χ0n) is 12.1. The fourth-order valence-electron chi connectivity index (χ4n) is 3.65.